The average molecular weight is 319 g/mol. The number of hydrogen-bond acceptors (Lipinski definition) is 2. The number of ether oxygens (including phenoxy) is 1. The third-order valence-corrected chi connectivity index (χ3v) is 2.94. The lowest BCUT2D eigenvalue weighted by molar-refractivity contribution is -0.274. The van der Waals surface area contributed by atoms with Crippen molar-refractivity contribution in [1.29, 1.82) is 0 Å². The molecule has 0 aliphatic carbocycles. The van der Waals surface area contributed by atoms with E-state index in [2.05, 4.69) is 4.74 Å². The van der Waals surface area contributed by atoms with Crippen LogP contribution in [0.3, 0.4) is 0 Å². The standard InChI is InChI=1S/C14H7ClF4O2/c15-12-6-11(13(16)5-9(12)7-20)8-1-3-10(4-2-8)21-14(17,18)19/h1-7H. The van der Waals surface area contributed by atoms with E-state index in [9.17, 15) is 22.4 Å². The Kier molecular flexibility index (Phi) is 4.18. The number of carbonyl (C=O) groups excluding carboxylic acids is 1. The topological polar surface area (TPSA) is 26.3 Å². The molecule has 0 heterocycles. The molecule has 0 radical (unpaired) electrons. The molecular formula is C14H7ClF4O2. The molecule has 0 aliphatic heterocycles. The highest BCUT2D eigenvalue weighted by Crippen LogP contribution is 2.30. The second kappa shape index (κ2) is 5.73. The Morgan fingerprint density at radius 3 is 2.24 bits per heavy atom. The Bertz CT molecular complexity index is 666. The van der Waals surface area contributed by atoms with Crippen LogP contribution in [0.25, 0.3) is 11.1 Å². The van der Waals surface area contributed by atoms with Gasteiger partial charge in [-0.25, -0.2) is 4.39 Å². The molecule has 0 spiro atoms. The molecular weight excluding hydrogens is 312 g/mol. The van der Waals surface area contributed by atoms with Crippen LogP contribution in [-0.2, 0) is 0 Å². The molecule has 0 fully saturated rings. The fourth-order valence-corrected chi connectivity index (χ4v) is 1.92. The van der Waals surface area contributed by atoms with Crippen LogP contribution in [0.4, 0.5) is 17.6 Å². The summed E-state index contributed by atoms with van der Waals surface area (Å²) in [6.07, 6.45) is -4.38. The van der Waals surface area contributed by atoms with Crippen molar-refractivity contribution < 1.29 is 27.1 Å². The molecule has 2 aromatic rings. The molecule has 0 saturated carbocycles. The third kappa shape index (κ3) is 3.72. The normalized spacial score (nSPS) is 11.3. The average Bonchev–Trinajstić information content (AvgIpc) is 2.40. The van der Waals surface area contributed by atoms with Crippen molar-refractivity contribution in [3.8, 4) is 16.9 Å². The first-order valence-electron chi connectivity index (χ1n) is 5.60. The minimum absolute atomic E-state index is 0.00468. The van der Waals surface area contributed by atoms with Gasteiger partial charge in [-0.05, 0) is 29.8 Å². The van der Waals surface area contributed by atoms with Gasteiger partial charge in [0.15, 0.2) is 6.29 Å². The van der Waals surface area contributed by atoms with Gasteiger partial charge < -0.3 is 4.74 Å². The maximum Gasteiger partial charge on any atom is 0.573 e. The van der Waals surface area contributed by atoms with Crippen molar-refractivity contribution in [2.24, 2.45) is 0 Å². The molecule has 2 nitrogen and oxygen atoms in total. The first-order valence-corrected chi connectivity index (χ1v) is 5.98. The number of hydrogen-bond donors (Lipinski definition) is 0. The van der Waals surface area contributed by atoms with Gasteiger partial charge in [0.05, 0.1) is 5.02 Å². The first-order chi connectivity index (χ1) is 9.80. The van der Waals surface area contributed by atoms with E-state index >= 15 is 0 Å². The molecule has 0 atom stereocenters. The fourth-order valence-electron chi connectivity index (χ4n) is 1.71. The van der Waals surface area contributed by atoms with Crippen LogP contribution in [0.5, 0.6) is 5.75 Å². The highest BCUT2D eigenvalue weighted by Gasteiger charge is 2.31. The molecule has 0 unspecified atom stereocenters. The zero-order chi connectivity index (χ0) is 15.6. The van der Waals surface area contributed by atoms with E-state index in [4.69, 9.17) is 11.6 Å². The lowest BCUT2D eigenvalue weighted by Crippen LogP contribution is -2.16. The van der Waals surface area contributed by atoms with Gasteiger partial charge in [0.1, 0.15) is 11.6 Å². The smallest absolute Gasteiger partial charge is 0.406 e. The zero-order valence-corrected chi connectivity index (χ0v) is 11.0. The van der Waals surface area contributed by atoms with Crippen molar-refractivity contribution in [3.05, 3.63) is 52.8 Å². The monoisotopic (exact) mass is 318 g/mol. The summed E-state index contributed by atoms with van der Waals surface area (Å²) in [5.41, 5.74) is 0.375. The Labute approximate surface area is 121 Å². The quantitative estimate of drug-likeness (QED) is 0.597. The van der Waals surface area contributed by atoms with Gasteiger partial charge in [-0.3, -0.25) is 4.79 Å². The minimum Gasteiger partial charge on any atom is -0.406 e. The third-order valence-electron chi connectivity index (χ3n) is 2.61. The fraction of sp³-hybridized carbons (Fsp3) is 0.0714. The first kappa shape index (κ1) is 15.3. The van der Waals surface area contributed by atoms with Gasteiger partial charge in [-0.2, -0.15) is 0 Å². The summed E-state index contributed by atoms with van der Waals surface area (Å²) in [6.45, 7) is 0. The predicted octanol–water partition coefficient (Wildman–Crippen LogP) is 4.86. The summed E-state index contributed by atoms with van der Waals surface area (Å²) in [4.78, 5) is 10.6. The van der Waals surface area contributed by atoms with E-state index in [1.54, 1.807) is 0 Å². The van der Waals surface area contributed by atoms with Gasteiger partial charge in [0, 0.05) is 11.1 Å². The van der Waals surface area contributed by atoms with Crippen molar-refractivity contribution in [2.45, 2.75) is 6.36 Å². The summed E-state index contributed by atoms with van der Waals surface area (Å²) in [7, 11) is 0. The van der Waals surface area contributed by atoms with Crippen molar-refractivity contribution in [2.75, 3.05) is 0 Å². The van der Waals surface area contributed by atoms with Crippen LogP contribution in [0, 0.1) is 5.82 Å². The van der Waals surface area contributed by atoms with Crippen LogP contribution < -0.4 is 4.74 Å². The molecule has 0 N–H and O–H groups in total. The van der Waals surface area contributed by atoms with Crippen LogP contribution in [0.1, 0.15) is 10.4 Å². The highest BCUT2D eigenvalue weighted by atomic mass is 35.5. The van der Waals surface area contributed by atoms with E-state index in [1.165, 1.54) is 18.2 Å². The molecule has 0 aliphatic rings. The Morgan fingerprint density at radius 2 is 1.71 bits per heavy atom. The van der Waals surface area contributed by atoms with Crippen LogP contribution in [-0.4, -0.2) is 12.6 Å². The molecule has 0 aromatic heterocycles. The van der Waals surface area contributed by atoms with Crippen LogP contribution in [0.15, 0.2) is 36.4 Å². The van der Waals surface area contributed by atoms with E-state index in [0.717, 1.165) is 18.2 Å². The van der Waals surface area contributed by atoms with E-state index in [0.29, 0.717) is 11.8 Å². The Balaban J connectivity index is 2.35. The number of aldehydes is 1. The molecule has 2 rings (SSSR count). The molecule has 7 heteroatoms. The molecule has 0 amide bonds. The summed E-state index contributed by atoms with van der Waals surface area (Å²) < 4.78 is 53.7. The van der Waals surface area contributed by atoms with Crippen LogP contribution in [0.2, 0.25) is 5.02 Å². The van der Waals surface area contributed by atoms with Gasteiger partial charge in [0.25, 0.3) is 0 Å². The van der Waals surface area contributed by atoms with Gasteiger partial charge in [-0.1, -0.05) is 23.7 Å². The largest absolute Gasteiger partial charge is 0.573 e. The summed E-state index contributed by atoms with van der Waals surface area (Å²) in [5, 5.41) is 0.0528. The lowest BCUT2D eigenvalue weighted by atomic mass is 10.0. The summed E-state index contributed by atoms with van der Waals surface area (Å²) >= 11 is 5.80. The van der Waals surface area contributed by atoms with E-state index in [1.807, 2.05) is 0 Å². The molecule has 0 saturated heterocycles. The van der Waals surface area contributed by atoms with Crippen molar-refractivity contribution in [3.63, 3.8) is 0 Å². The molecule has 0 bridgehead atoms. The van der Waals surface area contributed by atoms with Gasteiger partial charge >= 0.3 is 6.36 Å². The number of alkyl halides is 3. The second-order valence-corrected chi connectivity index (χ2v) is 4.45. The molecule has 2 aromatic carbocycles. The minimum atomic E-state index is -4.79. The number of benzene rings is 2. The predicted molar refractivity (Wildman–Crippen MR) is 68.9 cm³/mol. The van der Waals surface area contributed by atoms with Gasteiger partial charge in [0.2, 0.25) is 0 Å². The Morgan fingerprint density at radius 1 is 1.10 bits per heavy atom. The number of rotatable bonds is 3. The number of carbonyl (C=O) groups is 1. The zero-order valence-electron chi connectivity index (χ0n) is 10.2. The number of halogens is 5. The highest BCUT2D eigenvalue weighted by molar-refractivity contribution is 6.33. The maximum absolute atomic E-state index is 13.8. The van der Waals surface area contributed by atoms with Gasteiger partial charge in [-0.15, -0.1) is 13.2 Å². The summed E-state index contributed by atoms with van der Waals surface area (Å²) in [5.74, 6) is -1.12. The SMILES string of the molecule is O=Cc1cc(F)c(-c2ccc(OC(F)(F)F)cc2)cc1Cl. The second-order valence-electron chi connectivity index (χ2n) is 4.04. The Hall–Kier alpha value is -2.08. The maximum atomic E-state index is 13.8. The van der Waals surface area contributed by atoms with Crippen molar-refractivity contribution >= 4 is 17.9 Å². The van der Waals surface area contributed by atoms with E-state index in [-0.39, 0.29) is 16.1 Å². The molecule has 110 valence electrons. The lowest BCUT2D eigenvalue weighted by Gasteiger charge is -2.10. The molecule has 21 heavy (non-hydrogen) atoms. The summed E-state index contributed by atoms with van der Waals surface area (Å²) in [6, 6.07) is 6.84. The van der Waals surface area contributed by atoms with Crippen molar-refractivity contribution in [1.82, 2.24) is 0 Å². The van der Waals surface area contributed by atoms with E-state index < -0.39 is 17.9 Å². The van der Waals surface area contributed by atoms with Crippen LogP contribution >= 0.6 is 11.6 Å².